The van der Waals surface area contributed by atoms with E-state index in [4.69, 9.17) is 11.6 Å². The summed E-state index contributed by atoms with van der Waals surface area (Å²) in [5.74, 6) is 0.266. The van der Waals surface area contributed by atoms with Gasteiger partial charge in [-0.2, -0.15) is 0 Å². The van der Waals surface area contributed by atoms with Gasteiger partial charge in [0.25, 0.3) is 0 Å². The summed E-state index contributed by atoms with van der Waals surface area (Å²) in [6.07, 6.45) is 3.72. The Balaban J connectivity index is 1.79. The van der Waals surface area contributed by atoms with Crippen LogP contribution in [0.1, 0.15) is 40.3 Å². The van der Waals surface area contributed by atoms with Crippen LogP contribution in [0.4, 0.5) is 0 Å². The lowest BCUT2D eigenvalue weighted by Gasteiger charge is -2.27. The third-order valence-electron chi connectivity index (χ3n) is 4.20. The molecule has 106 valence electrons. The highest BCUT2D eigenvalue weighted by Gasteiger charge is 2.27. The first kappa shape index (κ1) is 14.1. The standard InChI is InChI=1S/C17H19ClOS/c1-11-5-6-12(15(18)9-11)10-16(19)13-3-2-4-17-14(13)7-8-20-17/h5-9,13,16,19H,2-4,10H2,1H3. The van der Waals surface area contributed by atoms with Crippen molar-refractivity contribution in [2.75, 3.05) is 0 Å². The van der Waals surface area contributed by atoms with Gasteiger partial charge in [0.2, 0.25) is 0 Å². The first-order chi connectivity index (χ1) is 9.65. The lowest BCUT2D eigenvalue weighted by molar-refractivity contribution is 0.135. The number of fused-ring (bicyclic) bond motifs is 1. The van der Waals surface area contributed by atoms with E-state index in [0.717, 1.165) is 22.6 Å². The molecule has 1 heterocycles. The maximum Gasteiger partial charge on any atom is 0.0649 e. The van der Waals surface area contributed by atoms with Gasteiger partial charge >= 0.3 is 0 Å². The predicted molar refractivity (Wildman–Crippen MR) is 85.9 cm³/mol. The lowest BCUT2D eigenvalue weighted by atomic mass is 9.82. The van der Waals surface area contributed by atoms with Crippen molar-refractivity contribution in [1.29, 1.82) is 0 Å². The second-order valence-electron chi connectivity index (χ2n) is 5.66. The van der Waals surface area contributed by atoms with Crippen LogP contribution in [0.15, 0.2) is 29.6 Å². The first-order valence-electron chi connectivity index (χ1n) is 7.14. The molecule has 0 aliphatic heterocycles. The van der Waals surface area contributed by atoms with Crippen LogP contribution in [0.2, 0.25) is 5.02 Å². The Morgan fingerprint density at radius 2 is 2.25 bits per heavy atom. The summed E-state index contributed by atoms with van der Waals surface area (Å²) in [7, 11) is 0. The van der Waals surface area contributed by atoms with Crippen molar-refractivity contribution in [3.63, 3.8) is 0 Å². The van der Waals surface area contributed by atoms with E-state index in [9.17, 15) is 5.11 Å². The summed E-state index contributed by atoms with van der Waals surface area (Å²) in [4.78, 5) is 1.45. The Bertz CT molecular complexity index is 605. The number of aryl methyl sites for hydroxylation is 2. The van der Waals surface area contributed by atoms with E-state index in [1.807, 2.05) is 30.4 Å². The molecule has 3 heteroatoms. The molecule has 20 heavy (non-hydrogen) atoms. The van der Waals surface area contributed by atoms with E-state index in [0.29, 0.717) is 6.42 Å². The SMILES string of the molecule is Cc1ccc(CC(O)C2CCCc3sccc32)c(Cl)c1. The van der Waals surface area contributed by atoms with Gasteiger partial charge in [-0.15, -0.1) is 11.3 Å². The third-order valence-corrected chi connectivity index (χ3v) is 5.55. The van der Waals surface area contributed by atoms with Gasteiger partial charge in [-0.25, -0.2) is 0 Å². The molecule has 0 radical (unpaired) electrons. The molecule has 1 aliphatic rings. The highest BCUT2D eigenvalue weighted by atomic mass is 35.5. The number of hydrogen-bond donors (Lipinski definition) is 1. The van der Waals surface area contributed by atoms with Crippen molar-refractivity contribution in [1.82, 2.24) is 0 Å². The van der Waals surface area contributed by atoms with Gasteiger partial charge < -0.3 is 5.11 Å². The second-order valence-corrected chi connectivity index (χ2v) is 7.07. The van der Waals surface area contributed by atoms with Crippen molar-refractivity contribution >= 4 is 22.9 Å². The summed E-state index contributed by atoms with van der Waals surface area (Å²) in [5, 5.41) is 13.5. The molecule has 0 saturated heterocycles. The number of hydrogen-bond acceptors (Lipinski definition) is 2. The summed E-state index contributed by atoms with van der Waals surface area (Å²) in [6.45, 7) is 2.03. The van der Waals surface area contributed by atoms with Gasteiger partial charge in [0, 0.05) is 22.2 Å². The molecular formula is C17H19ClOS. The van der Waals surface area contributed by atoms with Crippen molar-refractivity contribution in [2.24, 2.45) is 0 Å². The van der Waals surface area contributed by atoms with Crippen LogP contribution in [-0.2, 0) is 12.8 Å². The number of aliphatic hydroxyl groups excluding tert-OH is 1. The van der Waals surface area contributed by atoms with Crippen LogP contribution in [-0.4, -0.2) is 11.2 Å². The van der Waals surface area contributed by atoms with E-state index < -0.39 is 0 Å². The van der Waals surface area contributed by atoms with Crippen LogP contribution in [0.3, 0.4) is 0 Å². The minimum atomic E-state index is -0.344. The summed E-state index contributed by atoms with van der Waals surface area (Å²) in [5.41, 5.74) is 3.56. The fourth-order valence-electron chi connectivity index (χ4n) is 3.11. The quantitative estimate of drug-likeness (QED) is 0.869. The topological polar surface area (TPSA) is 20.2 Å². The van der Waals surface area contributed by atoms with Gasteiger partial charge in [0.05, 0.1) is 6.10 Å². The largest absolute Gasteiger partial charge is 0.392 e. The maximum absolute atomic E-state index is 10.6. The monoisotopic (exact) mass is 306 g/mol. The zero-order chi connectivity index (χ0) is 14.1. The third kappa shape index (κ3) is 2.78. The molecule has 0 bridgehead atoms. The number of benzene rings is 1. The zero-order valence-electron chi connectivity index (χ0n) is 11.6. The Morgan fingerprint density at radius 1 is 1.40 bits per heavy atom. The number of thiophene rings is 1. The highest BCUT2D eigenvalue weighted by Crippen LogP contribution is 2.38. The molecule has 3 rings (SSSR count). The Labute approximate surface area is 129 Å². The molecule has 0 saturated carbocycles. The lowest BCUT2D eigenvalue weighted by Crippen LogP contribution is -2.24. The molecule has 2 aromatic rings. The van der Waals surface area contributed by atoms with Crippen molar-refractivity contribution in [2.45, 2.75) is 44.6 Å². The first-order valence-corrected chi connectivity index (χ1v) is 8.40. The van der Waals surface area contributed by atoms with Gasteiger partial charge in [-0.3, -0.25) is 0 Å². The molecule has 2 unspecified atom stereocenters. The van der Waals surface area contributed by atoms with E-state index in [1.165, 1.54) is 23.3 Å². The smallest absolute Gasteiger partial charge is 0.0649 e. The van der Waals surface area contributed by atoms with Gasteiger partial charge in [0.15, 0.2) is 0 Å². The number of halogens is 1. The van der Waals surface area contributed by atoms with Crippen LogP contribution < -0.4 is 0 Å². The molecule has 1 aromatic heterocycles. The molecule has 0 fully saturated rings. The number of rotatable bonds is 3. The number of aliphatic hydroxyl groups is 1. The fraction of sp³-hybridized carbons (Fsp3) is 0.412. The second kappa shape index (κ2) is 5.88. The zero-order valence-corrected chi connectivity index (χ0v) is 13.2. The van der Waals surface area contributed by atoms with Gasteiger partial charge in [-0.1, -0.05) is 23.7 Å². The van der Waals surface area contributed by atoms with E-state index in [2.05, 4.69) is 17.5 Å². The minimum absolute atomic E-state index is 0.266. The Morgan fingerprint density at radius 3 is 3.05 bits per heavy atom. The predicted octanol–water partition coefficient (Wildman–Crippen LogP) is 4.73. The molecule has 1 N–H and O–H groups in total. The van der Waals surface area contributed by atoms with Crippen LogP contribution >= 0.6 is 22.9 Å². The average Bonchev–Trinajstić information content (AvgIpc) is 2.90. The molecule has 2 atom stereocenters. The molecular weight excluding hydrogens is 288 g/mol. The van der Waals surface area contributed by atoms with Crippen LogP contribution in [0.5, 0.6) is 0 Å². The molecule has 1 nitrogen and oxygen atoms in total. The molecule has 0 amide bonds. The molecule has 0 spiro atoms. The van der Waals surface area contributed by atoms with Crippen LogP contribution in [0, 0.1) is 6.92 Å². The summed E-state index contributed by atoms with van der Waals surface area (Å²) >= 11 is 8.10. The Hall–Kier alpha value is -0.830. The average molecular weight is 307 g/mol. The van der Waals surface area contributed by atoms with Crippen molar-refractivity contribution < 1.29 is 5.11 Å². The van der Waals surface area contributed by atoms with Gasteiger partial charge in [-0.05, 0) is 60.4 Å². The van der Waals surface area contributed by atoms with Crippen molar-refractivity contribution in [3.05, 3.63) is 56.2 Å². The summed E-state index contributed by atoms with van der Waals surface area (Å²) < 4.78 is 0. The molecule has 1 aromatic carbocycles. The Kier molecular flexibility index (Phi) is 4.16. The normalized spacial score (nSPS) is 19.6. The van der Waals surface area contributed by atoms with E-state index in [-0.39, 0.29) is 12.0 Å². The summed E-state index contributed by atoms with van der Waals surface area (Å²) in [6, 6.07) is 8.26. The van der Waals surface area contributed by atoms with Crippen molar-refractivity contribution in [3.8, 4) is 0 Å². The molecule has 1 aliphatic carbocycles. The van der Waals surface area contributed by atoms with Crippen LogP contribution in [0.25, 0.3) is 0 Å². The van der Waals surface area contributed by atoms with Gasteiger partial charge in [0.1, 0.15) is 0 Å². The maximum atomic E-state index is 10.6. The van der Waals surface area contributed by atoms with E-state index >= 15 is 0 Å². The fourth-order valence-corrected chi connectivity index (χ4v) is 4.42. The highest BCUT2D eigenvalue weighted by molar-refractivity contribution is 7.10. The van der Waals surface area contributed by atoms with E-state index in [1.54, 1.807) is 0 Å². The minimum Gasteiger partial charge on any atom is -0.392 e.